The molecule has 1 aliphatic carbocycles. The quantitative estimate of drug-likeness (QED) is 0.729. The Labute approximate surface area is 152 Å². The van der Waals surface area contributed by atoms with Gasteiger partial charge in [0, 0.05) is 42.9 Å². The summed E-state index contributed by atoms with van der Waals surface area (Å²) >= 11 is 0. The number of nitrogens with zero attached hydrogens (tertiary/aromatic N) is 4. The molecule has 130 valence electrons. The van der Waals surface area contributed by atoms with E-state index in [1.165, 1.54) is 19.3 Å². The molecule has 0 aromatic carbocycles. The highest BCUT2D eigenvalue weighted by Crippen LogP contribution is 2.60. The third kappa shape index (κ3) is 2.27. The first-order chi connectivity index (χ1) is 12.8. The molecule has 5 nitrogen and oxygen atoms in total. The van der Waals surface area contributed by atoms with Crippen LogP contribution < -0.4 is 0 Å². The van der Waals surface area contributed by atoms with E-state index in [-0.39, 0.29) is 17.4 Å². The Balaban J connectivity index is 1.41. The van der Waals surface area contributed by atoms with Gasteiger partial charge in [-0.15, -0.1) is 0 Å². The summed E-state index contributed by atoms with van der Waals surface area (Å²) in [6.45, 7) is 0.838. The Hall–Kier alpha value is -2.95. The molecule has 2 fully saturated rings. The molecular weight excluding hydrogens is 324 g/mol. The third-order valence-electron chi connectivity index (χ3n) is 5.85. The SMILES string of the molecule is O=C(c1ccc(-n2cccc2)nc1)N1CC2(CCC2)C1c1cccnc1. The van der Waals surface area contributed by atoms with Gasteiger partial charge in [0.1, 0.15) is 5.82 Å². The molecule has 26 heavy (non-hydrogen) atoms. The number of hydrogen-bond donors (Lipinski definition) is 0. The molecule has 0 bridgehead atoms. The Morgan fingerprint density at radius 3 is 2.54 bits per heavy atom. The van der Waals surface area contributed by atoms with Crippen molar-refractivity contribution < 1.29 is 4.79 Å². The number of aromatic nitrogens is 3. The first-order valence-electron chi connectivity index (χ1n) is 9.07. The van der Waals surface area contributed by atoms with Crippen molar-refractivity contribution >= 4 is 5.91 Å². The molecule has 4 heterocycles. The van der Waals surface area contributed by atoms with Crippen LogP contribution in [0.4, 0.5) is 0 Å². The number of pyridine rings is 2. The van der Waals surface area contributed by atoms with Gasteiger partial charge in [-0.2, -0.15) is 0 Å². The maximum Gasteiger partial charge on any atom is 0.255 e. The zero-order valence-electron chi connectivity index (χ0n) is 14.5. The summed E-state index contributed by atoms with van der Waals surface area (Å²) in [5.41, 5.74) is 2.05. The molecule has 1 aliphatic heterocycles. The molecule has 0 radical (unpaired) electrons. The maximum atomic E-state index is 13.1. The van der Waals surface area contributed by atoms with E-state index in [2.05, 4.69) is 16.0 Å². The number of carbonyl (C=O) groups excluding carboxylic acids is 1. The van der Waals surface area contributed by atoms with Crippen molar-refractivity contribution in [3.05, 3.63) is 78.5 Å². The highest BCUT2D eigenvalue weighted by atomic mass is 16.2. The van der Waals surface area contributed by atoms with Gasteiger partial charge in [0.15, 0.2) is 0 Å². The van der Waals surface area contributed by atoms with Crippen LogP contribution in [0.3, 0.4) is 0 Å². The fourth-order valence-electron chi connectivity index (χ4n) is 4.38. The summed E-state index contributed by atoms with van der Waals surface area (Å²) in [6, 6.07) is 11.9. The van der Waals surface area contributed by atoms with Crippen molar-refractivity contribution in [1.82, 2.24) is 19.4 Å². The lowest BCUT2D eigenvalue weighted by atomic mass is 9.56. The van der Waals surface area contributed by atoms with Gasteiger partial charge >= 0.3 is 0 Å². The maximum absolute atomic E-state index is 13.1. The lowest BCUT2D eigenvalue weighted by Gasteiger charge is -2.62. The van der Waals surface area contributed by atoms with E-state index in [1.54, 1.807) is 12.4 Å². The van der Waals surface area contributed by atoms with E-state index in [1.807, 2.05) is 58.4 Å². The van der Waals surface area contributed by atoms with Crippen molar-refractivity contribution in [2.24, 2.45) is 5.41 Å². The van der Waals surface area contributed by atoms with Crippen LogP contribution in [0.15, 0.2) is 67.4 Å². The average Bonchev–Trinajstić information content (AvgIpc) is 3.15. The standard InChI is InChI=1S/C21H20N4O/c26-20(17-6-7-18(23-14-17)24-11-1-2-12-24)25-15-21(8-4-9-21)19(25)16-5-3-10-22-13-16/h1-3,5-7,10-14,19H,4,8-9,15H2. The second-order valence-electron chi connectivity index (χ2n) is 7.33. The third-order valence-corrected chi connectivity index (χ3v) is 5.85. The summed E-state index contributed by atoms with van der Waals surface area (Å²) in [5, 5.41) is 0. The van der Waals surface area contributed by atoms with E-state index in [9.17, 15) is 4.79 Å². The van der Waals surface area contributed by atoms with Gasteiger partial charge in [0.25, 0.3) is 5.91 Å². The zero-order chi connectivity index (χ0) is 17.6. The minimum absolute atomic E-state index is 0.0583. The van der Waals surface area contributed by atoms with Crippen LogP contribution in [-0.2, 0) is 0 Å². The second-order valence-corrected chi connectivity index (χ2v) is 7.33. The van der Waals surface area contributed by atoms with Gasteiger partial charge in [0.2, 0.25) is 0 Å². The lowest BCUT2D eigenvalue weighted by molar-refractivity contribution is -0.105. The van der Waals surface area contributed by atoms with Crippen LogP contribution in [0.5, 0.6) is 0 Å². The molecule has 1 saturated carbocycles. The molecular formula is C21H20N4O. The Morgan fingerprint density at radius 1 is 1.08 bits per heavy atom. The number of rotatable bonds is 3. The fourth-order valence-corrected chi connectivity index (χ4v) is 4.38. The first kappa shape index (κ1) is 15.3. The van der Waals surface area contributed by atoms with Gasteiger partial charge in [0.05, 0.1) is 11.6 Å². The molecule has 1 unspecified atom stereocenters. The molecule has 0 N–H and O–H groups in total. The van der Waals surface area contributed by atoms with Crippen LogP contribution in [0.2, 0.25) is 0 Å². The zero-order valence-corrected chi connectivity index (χ0v) is 14.5. The van der Waals surface area contributed by atoms with Crippen LogP contribution in [0, 0.1) is 5.41 Å². The largest absolute Gasteiger partial charge is 0.330 e. The van der Waals surface area contributed by atoms with Gasteiger partial charge in [-0.1, -0.05) is 12.5 Å². The lowest BCUT2D eigenvalue weighted by Crippen LogP contribution is -2.63. The average molecular weight is 344 g/mol. The number of carbonyl (C=O) groups is 1. The smallest absolute Gasteiger partial charge is 0.255 e. The monoisotopic (exact) mass is 344 g/mol. The van der Waals surface area contributed by atoms with E-state index in [4.69, 9.17) is 0 Å². The fraction of sp³-hybridized carbons (Fsp3) is 0.286. The summed E-state index contributed by atoms with van der Waals surface area (Å²) in [7, 11) is 0. The number of likely N-dealkylation sites (tertiary alicyclic amines) is 1. The normalized spacial score (nSPS) is 20.5. The molecule has 5 rings (SSSR count). The van der Waals surface area contributed by atoms with Gasteiger partial charge in [-0.25, -0.2) is 4.98 Å². The van der Waals surface area contributed by atoms with Gasteiger partial charge < -0.3 is 9.47 Å². The van der Waals surface area contributed by atoms with Gasteiger partial charge in [-0.3, -0.25) is 9.78 Å². The van der Waals surface area contributed by atoms with Crippen molar-refractivity contribution in [2.45, 2.75) is 25.3 Å². The molecule has 1 amide bonds. The summed E-state index contributed by atoms with van der Waals surface area (Å²) < 4.78 is 1.93. The first-order valence-corrected chi connectivity index (χ1v) is 9.07. The molecule has 5 heteroatoms. The predicted molar refractivity (Wildman–Crippen MR) is 97.9 cm³/mol. The van der Waals surface area contributed by atoms with Crippen LogP contribution in [0.25, 0.3) is 5.82 Å². The summed E-state index contributed by atoms with van der Waals surface area (Å²) in [6.07, 6.45) is 12.9. The van der Waals surface area contributed by atoms with Crippen LogP contribution in [0.1, 0.15) is 41.2 Å². The summed E-state index contributed by atoms with van der Waals surface area (Å²) in [4.78, 5) is 23.8. The molecule has 1 atom stereocenters. The summed E-state index contributed by atoms with van der Waals surface area (Å²) in [5.74, 6) is 0.873. The highest BCUT2D eigenvalue weighted by Gasteiger charge is 2.58. The van der Waals surface area contributed by atoms with E-state index in [0.29, 0.717) is 5.56 Å². The Kier molecular flexibility index (Phi) is 3.42. The minimum atomic E-state index is 0.0583. The molecule has 2 aliphatic rings. The van der Waals surface area contributed by atoms with Crippen molar-refractivity contribution in [3.8, 4) is 5.82 Å². The number of hydrogen-bond acceptors (Lipinski definition) is 3. The van der Waals surface area contributed by atoms with Crippen molar-refractivity contribution in [1.29, 1.82) is 0 Å². The Morgan fingerprint density at radius 2 is 1.92 bits per heavy atom. The molecule has 3 aromatic heterocycles. The van der Waals surface area contributed by atoms with Crippen LogP contribution >= 0.6 is 0 Å². The van der Waals surface area contributed by atoms with E-state index >= 15 is 0 Å². The van der Waals surface area contributed by atoms with Crippen molar-refractivity contribution in [2.75, 3.05) is 6.54 Å². The molecule has 3 aromatic rings. The second kappa shape index (κ2) is 5.80. The predicted octanol–water partition coefficient (Wildman–Crippen LogP) is 3.63. The minimum Gasteiger partial charge on any atom is -0.330 e. The van der Waals surface area contributed by atoms with E-state index < -0.39 is 0 Å². The van der Waals surface area contributed by atoms with E-state index in [0.717, 1.165) is 17.9 Å². The Bertz CT molecular complexity index is 914. The highest BCUT2D eigenvalue weighted by molar-refractivity contribution is 5.95. The topological polar surface area (TPSA) is 51.0 Å². The van der Waals surface area contributed by atoms with Crippen LogP contribution in [-0.4, -0.2) is 31.9 Å². The molecule has 1 saturated heterocycles. The van der Waals surface area contributed by atoms with Gasteiger partial charge in [-0.05, 0) is 48.7 Å². The van der Waals surface area contributed by atoms with Crippen molar-refractivity contribution in [3.63, 3.8) is 0 Å². The molecule has 1 spiro atoms. The number of amides is 1.